The maximum absolute atomic E-state index is 6.58. The molecule has 0 fully saturated rings. The van der Waals surface area contributed by atoms with E-state index in [0.29, 0.717) is 0 Å². The van der Waals surface area contributed by atoms with Crippen LogP contribution in [0.3, 0.4) is 0 Å². The number of rotatable bonds is 3. The van der Waals surface area contributed by atoms with Crippen LogP contribution in [0.15, 0.2) is 179 Å². The largest absolute Gasteiger partial charge is 0.452 e. The summed E-state index contributed by atoms with van der Waals surface area (Å²) in [7, 11) is 0. The Morgan fingerprint density at radius 1 is 0.300 bits per heavy atom. The minimum Gasteiger partial charge on any atom is -0.452 e. The molecule has 0 spiro atoms. The third kappa shape index (κ3) is 3.85. The summed E-state index contributed by atoms with van der Waals surface area (Å²) in [5, 5.41) is 11.8. The summed E-state index contributed by atoms with van der Waals surface area (Å²) < 4.78 is 13.0. The lowest BCUT2D eigenvalue weighted by molar-refractivity contribution is 0.633. The molecule has 2 heteroatoms. The van der Waals surface area contributed by atoms with Crippen molar-refractivity contribution in [1.82, 2.24) is 0 Å². The van der Waals surface area contributed by atoms with E-state index < -0.39 is 0 Å². The predicted molar refractivity (Wildman–Crippen MR) is 210 cm³/mol. The number of hydrogen-bond donors (Lipinski definition) is 0. The molecule has 0 N–H and O–H groups in total. The highest BCUT2D eigenvalue weighted by Gasteiger charge is 2.22. The van der Waals surface area contributed by atoms with Crippen LogP contribution < -0.4 is 0 Å². The zero-order valence-electron chi connectivity index (χ0n) is 27.0. The second-order valence-corrected chi connectivity index (χ2v) is 13.2. The molecule has 0 atom stereocenters. The summed E-state index contributed by atoms with van der Waals surface area (Å²) in [4.78, 5) is 0. The molecule has 0 saturated carbocycles. The number of hydrogen-bond acceptors (Lipinski definition) is 2. The van der Waals surface area contributed by atoms with E-state index in [1.54, 1.807) is 0 Å². The van der Waals surface area contributed by atoms with Gasteiger partial charge in [-0.15, -0.1) is 0 Å². The van der Waals surface area contributed by atoms with Crippen molar-refractivity contribution in [3.05, 3.63) is 170 Å². The van der Waals surface area contributed by atoms with E-state index in [-0.39, 0.29) is 0 Å². The highest BCUT2D eigenvalue weighted by Crippen LogP contribution is 2.48. The summed E-state index contributed by atoms with van der Waals surface area (Å²) in [6, 6.07) is 61.0. The first-order valence-corrected chi connectivity index (χ1v) is 17.1. The van der Waals surface area contributed by atoms with E-state index in [1.165, 1.54) is 54.6 Å². The van der Waals surface area contributed by atoms with Gasteiger partial charge in [-0.25, -0.2) is 0 Å². The molecule has 0 aliphatic carbocycles. The summed E-state index contributed by atoms with van der Waals surface area (Å²) in [5.41, 5.74) is 10.5. The van der Waals surface area contributed by atoms with Crippen LogP contribution in [0.2, 0.25) is 0 Å². The molecule has 9 aromatic carbocycles. The molecule has 0 saturated heterocycles. The monoisotopic (exact) mass is 636 g/mol. The quantitative estimate of drug-likeness (QED) is 0.180. The van der Waals surface area contributed by atoms with E-state index in [2.05, 4.69) is 146 Å². The van der Waals surface area contributed by atoms with Crippen LogP contribution in [0.1, 0.15) is 0 Å². The highest BCUT2D eigenvalue weighted by molar-refractivity contribution is 6.25. The number of para-hydroxylation sites is 2. The minimum absolute atomic E-state index is 0.788. The van der Waals surface area contributed by atoms with Crippen LogP contribution in [0.25, 0.3) is 110 Å². The van der Waals surface area contributed by atoms with Crippen molar-refractivity contribution < 1.29 is 8.83 Å². The van der Waals surface area contributed by atoms with Gasteiger partial charge in [0.05, 0.1) is 0 Å². The Balaban J connectivity index is 1.22. The number of fused-ring (bicyclic) bond motifs is 10. The van der Waals surface area contributed by atoms with E-state index in [0.717, 1.165) is 55.0 Å². The van der Waals surface area contributed by atoms with Crippen LogP contribution in [0.5, 0.6) is 0 Å². The molecule has 50 heavy (non-hydrogen) atoms. The lowest BCUT2D eigenvalue weighted by atomic mass is 9.84. The average molecular weight is 637 g/mol. The topological polar surface area (TPSA) is 26.3 Å². The third-order valence-corrected chi connectivity index (χ3v) is 10.4. The van der Waals surface area contributed by atoms with Gasteiger partial charge in [0.15, 0.2) is 11.2 Å². The lowest BCUT2D eigenvalue weighted by Gasteiger charge is -2.19. The number of furan rings is 2. The molecular formula is C48H28O2. The van der Waals surface area contributed by atoms with Crippen LogP contribution >= 0.6 is 0 Å². The smallest absolute Gasteiger partial charge is 0.179 e. The first-order chi connectivity index (χ1) is 24.8. The van der Waals surface area contributed by atoms with E-state index >= 15 is 0 Å². The Morgan fingerprint density at radius 2 is 0.820 bits per heavy atom. The zero-order valence-corrected chi connectivity index (χ0v) is 27.0. The fourth-order valence-corrected chi connectivity index (χ4v) is 8.31. The normalized spacial score (nSPS) is 12.0. The van der Waals surface area contributed by atoms with Crippen molar-refractivity contribution in [3.63, 3.8) is 0 Å². The van der Waals surface area contributed by atoms with Crippen molar-refractivity contribution in [2.24, 2.45) is 0 Å². The SMILES string of the molecule is c1cc(-c2c3ccccc3c(-c3cccc4ccccc34)c3ccccc23)cc(-c2cc3c4ccccc4oc3c3oc4ccccc4c23)c1. The third-order valence-electron chi connectivity index (χ3n) is 10.4. The van der Waals surface area contributed by atoms with E-state index in [9.17, 15) is 0 Å². The van der Waals surface area contributed by atoms with Crippen LogP contribution in [0, 0.1) is 0 Å². The van der Waals surface area contributed by atoms with E-state index in [1.807, 2.05) is 24.3 Å². The predicted octanol–water partition coefficient (Wildman–Crippen LogP) is 13.9. The zero-order chi connectivity index (χ0) is 32.8. The van der Waals surface area contributed by atoms with Gasteiger partial charge < -0.3 is 8.83 Å². The molecule has 0 radical (unpaired) electrons. The maximum Gasteiger partial charge on any atom is 0.179 e. The van der Waals surface area contributed by atoms with Gasteiger partial charge in [0.25, 0.3) is 0 Å². The Bertz CT molecular complexity index is 3090. The van der Waals surface area contributed by atoms with Gasteiger partial charge in [0.1, 0.15) is 11.2 Å². The van der Waals surface area contributed by atoms with Gasteiger partial charge in [0, 0.05) is 21.5 Å². The number of benzene rings is 9. The van der Waals surface area contributed by atoms with Gasteiger partial charge in [-0.1, -0.05) is 146 Å². The summed E-state index contributed by atoms with van der Waals surface area (Å²) >= 11 is 0. The van der Waals surface area contributed by atoms with E-state index in [4.69, 9.17) is 8.83 Å². The summed E-state index contributed by atoms with van der Waals surface area (Å²) in [6.07, 6.45) is 0. The highest BCUT2D eigenvalue weighted by atomic mass is 16.4. The van der Waals surface area contributed by atoms with Crippen molar-refractivity contribution in [2.75, 3.05) is 0 Å². The Hall–Kier alpha value is -6.64. The van der Waals surface area contributed by atoms with Gasteiger partial charge in [0.2, 0.25) is 0 Å². The summed E-state index contributed by atoms with van der Waals surface area (Å²) in [6.45, 7) is 0. The van der Waals surface area contributed by atoms with Crippen molar-refractivity contribution in [2.45, 2.75) is 0 Å². The Labute approximate surface area is 287 Å². The lowest BCUT2D eigenvalue weighted by Crippen LogP contribution is -1.92. The van der Waals surface area contributed by atoms with Crippen LogP contribution in [-0.4, -0.2) is 0 Å². The molecule has 0 amide bonds. The molecule has 232 valence electrons. The van der Waals surface area contributed by atoms with Gasteiger partial charge >= 0.3 is 0 Å². The molecular weight excluding hydrogens is 609 g/mol. The first-order valence-electron chi connectivity index (χ1n) is 17.1. The van der Waals surface area contributed by atoms with Gasteiger partial charge in [-0.05, 0) is 90.0 Å². The van der Waals surface area contributed by atoms with Crippen LogP contribution in [0.4, 0.5) is 0 Å². The Kier molecular flexibility index (Phi) is 5.70. The molecule has 11 aromatic rings. The second-order valence-electron chi connectivity index (χ2n) is 13.2. The summed E-state index contributed by atoms with van der Waals surface area (Å²) in [5.74, 6) is 0. The van der Waals surface area contributed by atoms with Crippen molar-refractivity contribution in [3.8, 4) is 33.4 Å². The fourth-order valence-electron chi connectivity index (χ4n) is 8.31. The maximum atomic E-state index is 6.58. The molecule has 2 heterocycles. The Morgan fingerprint density at radius 3 is 1.56 bits per heavy atom. The molecule has 11 rings (SSSR count). The van der Waals surface area contributed by atoms with Gasteiger partial charge in [-0.3, -0.25) is 0 Å². The molecule has 0 unspecified atom stereocenters. The van der Waals surface area contributed by atoms with Crippen molar-refractivity contribution in [1.29, 1.82) is 0 Å². The molecule has 0 aliphatic rings. The average Bonchev–Trinajstić information content (AvgIpc) is 3.76. The van der Waals surface area contributed by atoms with Gasteiger partial charge in [-0.2, -0.15) is 0 Å². The fraction of sp³-hybridized carbons (Fsp3) is 0. The first kappa shape index (κ1) is 27.3. The molecule has 2 aromatic heterocycles. The van der Waals surface area contributed by atoms with Crippen LogP contribution in [-0.2, 0) is 0 Å². The minimum atomic E-state index is 0.788. The second kappa shape index (κ2) is 10.4. The molecule has 0 bridgehead atoms. The molecule has 0 aliphatic heterocycles. The molecule has 2 nitrogen and oxygen atoms in total. The standard InChI is InChI=1S/C48H28O2/c1-2-17-32-29(13-1)14-12-24-34(32)45-37-21-5-3-19-35(37)44(36-20-4-6-22-38(36)45)31-16-11-15-30(27-31)40-28-41-33-18-7-9-25-42(33)49-47(41)48-46(40)39-23-8-10-26-43(39)50-48/h1-28H. The van der Waals surface area contributed by atoms with Crippen molar-refractivity contribution >= 4 is 76.2 Å².